The standard InChI is InChI=1S/C18H27NO4/c1-17(2,3)22-15-9-7-13(8-10-15)11-14(12-20)19-16(21)23-18(4,5)6/h7-10,12,14H,11H2,1-6H3,(H,19,21)/t14-/m1/s1. The second-order valence-corrected chi connectivity index (χ2v) is 7.45. The van der Waals surface area contributed by atoms with Gasteiger partial charge in [-0.3, -0.25) is 0 Å². The zero-order valence-electron chi connectivity index (χ0n) is 14.8. The van der Waals surface area contributed by atoms with Crippen LogP contribution < -0.4 is 10.1 Å². The van der Waals surface area contributed by atoms with Crippen molar-refractivity contribution in [2.24, 2.45) is 0 Å². The van der Waals surface area contributed by atoms with Gasteiger partial charge in [-0.1, -0.05) is 12.1 Å². The van der Waals surface area contributed by atoms with Crippen LogP contribution in [0.4, 0.5) is 4.79 Å². The van der Waals surface area contributed by atoms with Crippen molar-refractivity contribution >= 4 is 12.4 Å². The fourth-order valence-corrected chi connectivity index (χ4v) is 1.89. The Hall–Kier alpha value is -2.04. The third kappa shape index (κ3) is 8.24. The first-order chi connectivity index (χ1) is 10.5. The molecule has 1 N–H and O–H groups in total. The van der Waals surface area contributed by atoms with Crippen LogP contribution in [0.3, 0.4) is 0 Å². The molecule has 0 saturated carbocycles. The van der Waals surface area contributed by atoms with Crippen LogP contribution in [0.1, 0.15) is 47.1 Å². The third-order valence-electron chi connectivity index (χ3n) is 2.67. The van der Waals surface area contributed by atoms with Gasteiger partial charge in [0.1, 0.15) is 23.2 Å². The lowest BCUT2D eigenvalue weighted by molar-refractivity contribution is -0.109. The highest BCUT2D eigenvalue weighted by molar-refractivity contribution is 5.73. The minimum Gasteiger partial charge on any atom is -0.488 e. The van der Waals surface area contributed by atoms with E-state index in [2.05, 4.69) is 5.32 Å². The highest BCUT2D eigenvalue weighted by Crippen LogP contribution is 2.19. The monoisotopic (exact) mass is 321 g/mol. The van der Waals surface area contributed by atoms with E-state index in [9.17, 15) is 9.59 Å². The van der Waals surface area contributed by atoms with Gasteiger partial charge in [-0.05, 0) is 65.7 Å². The summed E-state index contributed by atoms with van der Waals surface area (Å²) in [4.78, 5) is 22.9. The van der Waals surface area contributed by atoms with Crippen molar-refractivity contribution in [2.45, 2.75) is 65.2 Å². The molecule has 0 aliphatic carbocycles. The molecule has 128 valence electrons. The molecule has 0 spiro atoms. The number of carbonyl (C=O) groups excluding carboxylic acids is 2. The van der Waals surface area contributed by atoms with Crippen LogP contribution in [0.2, 0.25) is 0 Å². The maximum atomic E-state index is 11.7. The van der Waals surface area contributed by atoms with Gasteiger partial charge < -0.3 is 19.6 Å². The second kappa shape index (κ2) is 7.49. The Kier molecular flexibility index (Phi) is 6.19. The van der Waals surface area contributed by atoms with E-state index in [0.29, 0.717) is 12.7 Å². The number of hydrogen-bond acceptors (Lipinski definition) is 4. The molecule has 0 aliphatic heterocycles. The highest BCUT2D eigenvalue weighted by Gasteiger charge is 2.19. The second-order valence-electron chi connectivity index (χ2n) is 7.45. The molecule has 0 unspecified atom stereocenters. The summed E-state index contributed by atoms with van der Waals surface area (Å²) in [6, 6.07) is 6.85. The van der Waals surface area contributed by atoms with E-state index in [4.69, 9.17) is 9.47 Å². The molecule has 5 heteroatoms. The number of nitrogens with one attached hydrogen (secondary N) is 1. The molecule has 5 nitrogen and oxygen atoms in total. The van der Waals surface area contributed by atoms with Crippen molar-refractivity contribution in [1.29, 1.82) is 0 Å². The van der Waals surface area contributed by atoms with Gasteiger partial charge in [0, 0.05) is 0 Å². The first-order valence-electron chi connectivity index (χ1n) is 7.71. The largest absolute Gasteiger partial charge is 0.488 e. The van der Waals surface area contributed by atoms with Crippen molar-refractivity contribution in [3.63, 3.8) is 0 Å². The van der Waals surface area contributed by atoms with Gasteiger partial charge in [-0.2, -0.15) is 0 Å². The number of rotatable bonds is 5. The SMILES string of the molecule is CC(C)(C)OC(=O)N[C@@H](C=O)Cc1ccc(OC(C)(C)C)cc1. The normalized spacial score (nSPS) is 13.1. The maximum absolute atomic E-state index is 11.7. The van der Waals surface area contributed by atoms with Gasteiger partial charge in [0.25, 0.3) is 0 Å². The first kappa shape index (κ1) is 19.0. The van der Waals surface area contributed by atoms with Gasteiger partial charge in [0.05, 0.1) is 6.04 Å². The highest BCUT2D eigenvalue weighted by atomic mass is 16.6. The molecule has 0 aromatic heterocycles. The molecular weight excluding hydrogens is 294 g/mol. The molecule has 0 aliphatic rings. The lowest BCUT2D eigenvalue weighted by Gasteiger charge is -2.22. The molecular formula is C18H27NO4. The number of ether oxygens (including phenoxy) is 2. The van der Waals surface area contributed by atoms with E-state index in [1.165, 1.54) is 0 Å². The Bertz CT molecular complexity index is 523. The molecule has 0 heterocycles. The van der Waals surface area contributed by atoms with Crippen LogP contribution >= 0.6 is 0 Å². The minimum atomic E-state index is -0.626. The summed E-state index contributed by atoms with van der Waals surface area (Å²) < 4.78 is 10.9. The Morgan fingerprint density at radius 1 is 1.09 bits per heavy atom. The lowest BCUT2D eigenvalue weighted by Crippen LogP contribution is -2.41. The zero-order valence-corrected chi connectivity index (χ0v) is 14.8. The average Bonchev–Trinajstić information content (AvgIpc) is 2.36. The van der Waals surface area contributed by atoms with Crippen molar-refractivity contribution in [3.05, 3.63) is 29.8 Å². The summed E-state index contributed by atoms with van der Waals surface area (Å²) in [7, 11) is 0. The van der Waals surface area contributed by atoms with E-state index in [0.717, 1.165) is 11.3 Å². The Labute approximate surface area is 138 Å². The molecule has 1 aromatic rings. The molecule has 1 amide bonds. The van der Waals surface area contributed by atoms with Crippen molar-refractivity contribution in [2.75, 3.05) is 0 Å². The minimum absolute atomic E-state index is 0.259. The van der Waals surface area contributed by atoms with Crippen LogP contribution in [-0.4, -0.2) is 29.6 Å². The lowest BCUT2D eigenvalue weighted by atomic mass is 10.1. The maximum Gasteiger partial charge on any atom is 0.408 e. The number of aldehydes is 1. The molecule has 0 saturated heterocycles. The van der Waals surface area contributed by atoms with Gasteiger partial charge in [0.2, 0.25) is 0 Å². The fraction of sp³-hybridized carbons (Fsp3) is 0.556. The van der Waals surface area contributed by atoms with E-state index in [1.54, 1.807) is 20.8 Å². The molecule has 1 rings (SSSR count). The van der Waals surface area contributed by atoms with Crippen LogP contribution in [0.15, 0.2) is 24.3 Å². The van der Waals surface area contributed by atoms with Gasteiger partial charge in [0.15, 0.2) is 0 Å². The van der Waals surface area contributed by atoms with Crippen molar-refractivity contribution in [1.82, 2.24) is 5.32 Å². The number of amides is 1. The molecule has 0 bridgehead atoms. The van der Waals surface area contributed by atoms with Crippen LogP contribution in [0, 0.1) is 0 Å². The van der Waals surface area contributed by atoms with E-state index < -0.39 is 17.7 Å². The van der Waals surface area contributed by atoms with E-state index in [1.807, 2.05) is 45.0 Å². The van der Waals surface area contributed by atoms with Crippen LogP contribution in [0.5, 0.6) is 5.75 Å². The van der Waals surface area contributed by atoms with Crippen molar-refractivity contribution in [3.8, 4) is 5.75 Å². The third-order valence-corrected chi connectivity index (χ3v) is 2.67. The van der Waals surface area contributed by atoms with Crippen LogP contribution in [-0.2, 0) is 16.0 Å². The van der Waals surface area contributed by atoms with Gasteiger partial charge >= 0.3 is 6.09 Å². The average molecular weight is 321 g/mol. The zero-order chi connectivity index (χ0) is 17.7. The molecule has 1 atom stereocenters. The summed E-state index contributed by atoms with van der Waals surface area (Å²) in [5.74, 6) is 0.768. The number of hydrogen-bond donors (Lipinski definition) is 1. The summed E-state index contributed by atoms with van der Waals surface area (Å²) >= 11 is 0. The smallest absolute Gasteiger partial charge is 0.408 e. The Morgan fingerprint density at radius 2 is 1.65 bits per heavy atom. The Balaban J connectivity index is 2.62. The number of carbonyl (C=O) groups is 2. The predicted octanol–water partition coefficient (Wildman–Crippen LogP) is 3.50. The summed E-state index contributed by atoms with van der Waals surface area (Å²) in [6.45, 7) is 11.3. The molecule has 0 fully saturated rings. The van der Waals surface area contributed by atoms with Gasteiger partial charge in [-0.15, -0.1) is 0 Å². The predicted molar refractivity (Wildman–Crippen MR) is 89.7 cm³/mol. The number of benzene rings is 1. The molecule has 1 aromatic carbocycles. The first-order valence-corrected chi connectivity index (χ1v) is 7.71. The topological polar surface area (TPSA) is 64.6 Å². The molecule has 23 heavy (non-hydrogen) atoms. The van der Waals surface area contributed by atoms with E-state index >= 15 is 0 Å². The fourth-order valence-electron chi connectivity index (χ4n) is 1.89. The number of alkyl carbamates (subject to hydrolysis) is 1. The van der Waals surface area contributed by atoms with E-state index in [-0.39, 0.29) is 5.60 Å². The van der Waals surface area contributed by atoms with Gasteiger partial charge in [-0.25, -0.2) is 4.79 Å². The summed E-state index contributed by atoms with van der Waals surface area (Å²) in [6.07, 6.45) is 0.518. The molecule has 0 radical (unpaired) electrons. The van der Waals surface area contributed by atoms with Crippen molar-refractivity contribution < 1.29 is 19.1 Å². The Morgan fingerprint density at radius 3 is 2.09 bits per heavy atom. The summed E-state index contributed by atoms with van der Waals surface area (Å²) in [5, 5.41) is 2.56. The summed E-state index contributed by atoms with van der Waals surface area (Å²) in [5.41, 5.74) is 0.0774. The quantitative estimate of drug-likeness (QED) is 0.843. The van der Waals surface area contributed by atoms with Crippen LogP contribution in [0.25, 0.3) is 0 Å².